The lowest BCUT2D eigenvalue weighted by molar-refractivity contribution is 1.15. The van der Waals surface area contributed by atoms with Crippen LogP contribution in [0.1, 0.15) is 0 Å². The first-order chi connectivity index (χ1) is 10.2. The van der Waals surface area contributed by atoms with Crippen LogP contribution in [0.2, 0.25) is 0 Å². The van der Waals surface area contributed by atoms with Gasteiger partial charge in [-0.2, -0.15) is 0 Å². The van der Waals surface area contributed by atoms with Gasteiger partial charge in [0.2, 0.25) is 0 Å². The minimum Gasteiger partial charge on any atom is -0.338 e. The molecule has 0 bridgehead atoms. The van der Waals surface area contributed by atoms with E-state index in [4.69, 9.17) is 0 Å². The van der Waals surface area contributed by atoms with E-state index in [0.717, 1.165) is 11.1 Å². The predicted octanol–water partition coefficient (Wildman–Crippen LogP) is 1.15. The summed E-state index contributed by atoms with van der Waals surface area (Å²) < 4.78 is 0. The quantitative estimate of drug-likeness (QED) is 0.454. The van der Waals surface area contributed by atoms with Crippen molar-refractivity contribution in [3.63, 3.8) is 0 Å². The van der Waals surface area contributed by atoms with E-state index in [9.17, 15) is 9.59 Å². The summed E-state index contributed by atoms with van der Waals surface area (Å²) in [6, 6.07) is 7.17. The van der Waals surface area contributed by atoms with Crippen LogP contribution in [-0.2, 0) is 0 Å². The number of aromatic nitrogens is 5. The molecule has 0 spiro atoms. The average Bonchev–Trinajstić information content (AvgIpc) is 2.90. The summed E-state index contributed by atoms with van der Waals surface area (Å²) in [7, 11) is 0. The van der Waals surface area contributed by atoms with E-state index >= 15 is 0 Å². The van der Waals surface area contributed by atoms with Gasteiger partial charge in [0, 0.05) is 18.0 Å². The van der Waals surface area contributed by atoms with E-state index in [1.165, 1.54) is 0 Å². The topological polar surface area (TPSA) is 107 Å². The second-order valence-electron chi connectivity index (χ2n) is 4.64. The molecule has 0 saturated heterocycles. The molecule has 0 radical (unpaired) electrons. The molecule has 3 heterocycles. The number of hydrogen-bond acceptors (Lipinski definition) is 4. The average molecular weight is 279 g/mol. The molecular formula is C14H9N5O2. The van der Waals surface area contributed by atoms with E-state index in [1.54, 1.807) is 24.5 Å². The molecule has 21 heavy (non-hydrogen) atoms. The van der Waals surface area contributed by atoms with Gasteiger partial charge in [-0.3, -0.25) is 14.6 Å². The maximum absolute atomic E-state index is 11.4. The Kier molecular flexibility index (Phi) is 2.28. The van der Waals surface area contributed by atoms with Crippen LogP contribution in [0, 0.1) is 0 Å². The van der Waals surface area contributed by atoms with Crippen LogP contribution < -0.4 is 11.1 Å². The van der Waals surface area contributed by atoms with Crippen LogP contribution in [0.15, 0.2) is 46.2 Å². The van der Waals surface area contributed by atoms with Crippen LogP contribution in [0.5, 0.6) is 0 Å². The standard InChI is InChI=1S/C14H9N5O2/c20-13-14(21)19-11-6-9-8(5-10(11)18-13)16-12(17-9)7-1-3-15-4-2-7/h1-6H,(H,16,17)(H,18,20)(H,19,21). The zero-order valence-corrected chi connectivity index (χ0v) is 10.7. The van der Waals surface area contributed by atoms with Crippen LogP contribution in [0.4, 0.5) is 0 Å². The first-order valence-corrected chi connectivity index (χ1v) is 6.27. The molecule has 0 atom stereocenters. The second kappa shape index (κ2) is 4.14. The molecule has 1 aromatic carbocycles. The van der Waals surface area contributed by atoms with Crippen molar-refractivity contribution in [2.45, 2.75) is 0 Å². The molecule has 4 rings (SSSR count). The molecule has 7 nitrogen and oxygen atoms in total. The number of fused-ring (bicyclic) bond motifs is 2. The Morgan fingerprint density at radius 2 is 1.48 bits per heavy atom. The van der Waals surface area contributed by atoms with Crippen molar-refractivity contribution in [3.8, 4) is 11.4 Å². The Labute approximate surface area is 116 Å². The van der Waals surface area contributed by atoms with Gasteiger partial charge in [0.15, 0.2) is 0 Å². The highest BCUT2D eigenvalue weighted by Crippen LogP contribution is 2.22. The zero-order valence-electron chi connectivity index (χ0n) is 10.7. The van der Waals surface area contributed by atoms with Crippen molar-refractivity contribution in [3.05, 3.63) is 57.4 Å². The van der Waals surface area contributed by atoms with Crippen LogP contribution in [0.3, 0.4) is 0 Å². The van der Waals surface area contributed by atoms with Crippen molar-refractivity contribution in [2.24, 2.45) is 0 Å². The van der Waals surface area contributed by atoms with Crippen LogP contribution in [0.25, 0.3) is 33.5 Å². The zero-order chi connectivity index (χ0) is 14.4. The molecule has 0 saturated carbocycles. The molecular weight excluding hydrogens is 270 g/mol. The Balaban J connectivity index is 2.01. The minimum absolute atomic E-state index is 0.542. The lowest BCUT2D eigenvalue weighted by Gasteiger charge is -1.96. The molecule has 4 aromatic rings. The minimum atomic E-state index is -0.674. The van der Waals surface area contributed by atoms with Crippen molar-refractivity contribution in [2.75, 3.05) is 0 Å². The Morgan fingerprint density at radius 3 is 2.19 bits per heavy atom. The number of rotatable bonds is 1. The smallest absolute Gasteiger partial charge is 0.314 e. The molecule has 0 aliphatic rings. The summed E-state index contributed by atoms with van der Waals surface area (Å²) >= 11 is 0. The van der Waals surface area contributed by atoms with E-state index in [-0.39, 0.29) is 0 Å². The van der Waals surface area contributed by atoms with E-state index in [1.807, 2.05) is 12.1 Å². The fourth-order valence-corrected chi connectivity index (χ4v) is 2.27. The lowest BCUT2D eigenvalue weighted by atomic mass is 10.2. The maximum Gasteiger partial charge on any atom is 0.314 e. The number of nitrogens with zero attached hydrogens (tertiary/aromatic N) is 2. The fraction of sp³-hybridized carbons (Fsp3) is 0. The summed E-state index contributed by atoms with van der Waals surface area (Å²) in [6.45, 7) is 0. The molecule has 0 fully saturated rings. The number of aromatic amines is 3. The number of benzene rings is 1. The molecule has 0 aliphatic heterocycles. The van der Waals surface area contributed by atoms with Gasteiger partial charge in [0.25, 0.3) is 0 Å². The Morgan fingerprint density at radius 1 is 0.810 bits per heavy atom. The fourth-order valence-electron chi connectivity index (χ4n) is 2.27. The monoisotopic (exact) mass is 279 g/mol. The van der Waals surface area contributed by atoms with Crippen LogP contribution >= 0.6 is 0 Å². The van der Waals surface area contributed by atoms with E-state index in [0.29, 0.717) is 22.4 Å². The SMILES string of the molecule is O=c1[nH]c2cc3nc(-c4ccncc4)[nH]c3cc2[nH]c1=O. The number of H-pyrrole nitrogens is 3. The van der Waals surface area contributed by atoms with Gasteiger partial charge < -0.3 is 15.0 Å². The maximum atomic E-state index is 11.4. The Hall–Kier alpha value is -3.22. The third-order valence-corrected chi connectivity index (χ3v) is 3.28. The van der Waals surface area contributed by atoms with Crippen molar-refractivity contribution < 1.29 is 0 Å². The number of imidazole rings is 1. The van der Waals surface area contributed by atoms with Gasteiger partial charge in [0.1, 0.15) is 5.82 Å². The molecule has 0 amide bonds. The van der Waals surface area contributed by atoms with E-state index in [2.05, 4.69) is 24.9 Å². The van der Waals surface area contributed by atoms with Gasteiger partial charge in [0.05, 0.1) is 22.1 Å². The summed E-state index contributed by atoms with van der Waals surface area (Å²) in [4.78, 5) is 39.4. The first kappa shape index (κ1) is 11.6. The van der Waals surface area contributed by atoms with E-state index < -0.39 is 11.1 Å². The number of nitrogens with one attached hydrogen (secondary N) is 3. The molecule has 0 unspecified atom stereocenters. The van der Waals surface area contributed by atoms with Crippen molar-refractivity contribution >= 4 is 22.1 Å². The molecule has 0 aliphatic carbocycles. The van der Waals surface area contributed by atoms with Gasteiger partial charge in [-0.1, -0.05) is 0 Å². The van der Waals surface area contributed by atoms with Gasteiger partial charge in [-0.25, -0.2) is 4.98 Å². The highest BCUT2D eigenvalue weighted by atomic mass is 16.2. The molecule has 3 aromatic heterocycles. The molecule has 7 heteroatoms. The Bertz CT molecular complexity index is 1010. The largest absolute Gasteiger partial charge is 0.338 e. The number of hydrogen-bond donors (Lipinski definition) is 3. The number of pyridine rings is 1. The third-order valence-electron chi connectivity index (χ3n) is 3.28. The second-order valence-corrected chi connectivity index (χ2v) is 4.64. The van der Waals surface area contributed by atoms with Gasteiger partial charge in [-0.05, 0) is 24.3 Å². The highest BCUT2D eigenvalue weighted by molar-refractivity contribution is 5.92. The molecule has 3 N–H and O–H groups in total. The lowest BCUT2D eigenvalue weighted by Crippen LogP contribution is -2.28. The van der Waals surface area contributed by atoms with Crippen LogP contribution in [-0.4, -0.2) is 24.9 Å². The summed E-state index contributed by atoms with van der Waals surface area (Å²) in [5.41, 5.74) is 2.14. The molecule has 102 valence electrons. The van der Waals surface area contributed by atoms with Crippen molar-refractivity contribution in [1.82, 2.24) is 24.9 Å². The normalized spacial score (nSPS) is 11.2. The summed E-state index contributed by atoms with van der Waals surface area (Å²) in [5, 5.41) is 0. The third kappa shape index (κ3) is 1.83. The first-order valence-electron chi connectivity index (χ1n) is 6.27. The van der Waals surface area contributed by atoms with Crippen molar-refractivity contribution in [1.29, 1.82) is 0 Å². The predicted molar refractivity (Wildman–Crippen MR) is 78.1 cm³/mol. The van der Waals surface area contributed by atoms with Gasteiger partial charge in [-0.15, -0.1) is 0 Å². The summed E-state index contributed by atoms with van der Waals surface area (Å²) in [6.07, 6.45) is 3.38. The summed E-state index contributed by atoms with van der Waals surface area (Å²) in [5.74, 6) is 0.701. The highest BCUT2D eigenvalue weighted by Gasteiger charge is 2.08. The van der Waals surface area contributed by atoms with Gasteiger partial charge >= 0.3 is 11.1 Å².